The Hall–Kier alpha value is -3.49. The normalized spacial score (nSPS) is 12.7. The van der Waals surface area contributed by atoms with Crippen LogP contribution in [0.15, 0.2) is 55.1 Å². The first-order valence-corrected chi connectivity index (χ1v) is 8.06. The van der Waals surface area contributed by atoms with Gasteiger partial charge in [-0.3, -0.25) is 14.4 Å². The molecule has 0 aliphatic carbocycles. The molecule has 1 aliphatic rings. The molecule has 2 aromatic rings. The number of benzene rings is 2. The SMILES string of the molecule is C=C1c2ccccc2C(=O)N1NCC(=O)C(=O)N(N)c1ccc(OC)cc1. The Balaban J connectivity index is 1.63. The Morgan fingerprint density at radius 3 is 2.37 bits per heavy atom. The van der Waals surface area contributed by atoms with E-state index in [0.717, 1.165) is 10.0 Å². The van der Waals surface area contributed by atoms with E-state index in [4.69, 9.17) is 10.6 Å². The molecule has 0 saturated heterocycles. The minimum Gasteiger partial charge on any atom is -0.497 e. The van der Waals surface area contributed by atoms with E-state index in [2.05, 4.69) is 12.0 Å². The second-order valence-electron chi connectivity index (χ2n) is 5.76. The molecule has 8 nitrogen and oxygen atoms in total. The van der Waals surface area contributed by atoms with Gasteiger partial charge in [0.1, 0.15) is 5.75 Å². The first-order chi connectivity index (χ1) is 12.9. The maximum atomic E-state index is 12.4. The van der Waals surface area contributed by atoms with Crippen LogP contribution in [0.1, 0.15) is 15.9 Å². The van der Waals surface area contributed by atoms with Crippen molar-refractivity contribution >= 4 is 29.0 Å². The number of hydrogen-bond acceptors (Lipinski definition) is 6. The zero-order valence-corrected chi connectivity index (χ0v) is 14.6. The second-order valence-corrected chi connectivity index (χ2v) is 5.76. The fourth-order valence-electron chi connectivity index (χ4n) is 2.67. The van der Waals surface area contributed by atoms with E-state index in [1.807, 2.05) is 0 Å². The predicted octanol–water partition coefficient (Wildman–Crippen LogP) is 1.10. The number of ketones is 1. The van der Waals surface area contributed by atoms with Crippen LogP contribution in [0, 0.1) is 0 Å². The summed E-state index contributed by atoms with van der Waals surface area (Å²) >= 11 is 0. The van der Waals surface area contributed by atoms with Crippen molar-refractivity contribution in [2.75, 3.05) is 18.7 Å². The van der Waals surface area contributed by atoms with Gasteiger partial charge in [0, 0.05) is 5.56 Å². The molecule has 0 radical (unpaired) electrons. The van der Waals surface area contributed by atoms with E-state index in [1.54, 1.807) is 48.5 Å². The number of nitrogens with one attached hydrogen (secondary N) is 1. The Morgan fingerprint density at radius 2 is 1.78 bits per heavy atom. The number of fused-ring (bicyclic) bond motifs is 1. The molecule has 1 heterocycles. The summed E-state index contributed by atoms with van der Waals surface area (Å²) in [4.78, 5) is 36.8. The molecule has 0 unspecified atom stereocenters. The summed E-state index contributed by atoms with van der Waals surface area (Å²) in [7, 11) is 1.52. The average Bonchev–Trinajstić information content (AvgIpc) is 2.95. The molecule has 0 aromatic heterocycles. The van der Waals surface area contributed by atoms with E-state index in [-0.39, 0.29) is 5.91 Å². The molecule has 0 saturated carbocycles. The number of Topliss-reactive ketones (excluding diaryl/α,β-unsaturated/α-hetero) is 1. The zero-order chi connectivity index (χ0) is 19.6. The predicted molar refractivity (Wildman–Crippen MR) is 99.3 cm³/mol. The van der Waals surface area contributed by atoms with Crippen LogP contribution in [-0.2, 0) is 9.59 Å². The van der Waals surface area contributed by atoms with Gasteiger partial charge < -0.3 is 4.74 Å². The highest BCUT2D eigenvalue weighted by Gasteiger charge is 2.31. The quantitative estimate of drug-likeness (QED) is 0.343. The summed E-state index contributed by atoms with van der Waals surface area (Å²) in [6.45, 7) is 3.45. The molecule has 0 fully saturated rings. The minimum atomic E-state index is -0.914. The number of ether oxygens (including phenoxy) is 1. The highest BCUT2D eigenvalue weighted by molar-refractivity contribution is 6.41. The van der Waals surface area contributed by atoms with Gasteiger partial charge in [-0.05, 0) is 30.3 Å². The molecule has 2 aromatic carbocycles. The number of amides is 2. The van der Waals surface area contributed by atoms with Gasteiger partial charge in [0.05, 0.1) is 30.6 Å². The van der Waals surface area contributed by atoms with Crippen molar-refractivity contribution in [1.82, 2.24) is 10.4 Å². The fourth-order valence-corrected chi connectivity index (χ4v) is 2.67. The van der Waals surface area contributed by atoms with Crippen molar-refractivity contribution in [2.24, 2.45) is 5.84 Å². The van der Waals surface area contributed by atoms with Crippen molar-refractivity contribution in [2.45, 2.75) is 0 Å². The number of anilines is 1. The van der Waals surface area contributed by atoms with E-state index in [1.165, 1.54) is 7.11 Å². The maximum absolute atomic E-state index is 12.4. The number of methoxy groups -OCH3 is 1. The molecule has 27 heavy (non-hydrogen) atoms. The van der Waals surface area contributed by atoms with Gasteiger partial charge in [-0.25, -0.2) is 21.3 Å². The third-order valence-electron chi connectivity index (χ3n) is 4.15. The summed E-state index contributed by atoms with van der Waals surface area (Å²) in [6.07, 6.45) is 0. The van der Waals surface area contributed by atoms with Crippen LogP contribution in [0.4, 0.5) is 5.69 Å². The van der Waals surface area contributed by atoms with Crippen LogP contribution in [-0.4, -0.2) is 36.3 Å². The van der Waals surface area contributed by atoms with Crippen LogP contribution in [0.3, 0.4) is 0 Å². The zero-order valence-electron chi connectivity index (χ0n) is 14.6. The number of nitrogens with two attached hydrogens (primary N) is 1. The summed E-state index contributed by atoms with van der Waals surface area (Å²) < 4.78 is 5.03. The molecule has 2 amide bonds. The number of hydrogen-bond donors (Lipinski definition) is 2. The Kier molecular flexibility index (Phi) is 5.02. The molecule has 0 atom stereocenters. The number of hydrazine groups is 2. The molecule has 1 aliphatic heterocycles. The van der Waals surface area contributed by atoms with E-state index >= 15 is 0 Å². The van der Waals surface area contributed by atoms with Crippen molar-refractivity contribution < 1.29 is 19.1 Å². The number of rotatable bonds is 6. The van der Waals surface area contributed by atoms with E-state index < -0.39 is 18.2 Å². The first-order valence-electron chi connectivity index (χ1n) is 8.06. The second kappa shape index (κ2) is 7.40. The topological polar surface area (TPSA) is 105 Å². The molecule has 0 bridgehead atoms. The highest BCUT2D eigenvalue weighted by Crippen LogP contribution is 2.29. The summed E-state index contributed by atoms with van der Waals surface area (Å²) in [5.41, 5.74) is 4.55. The molecule has 3 rings (SSSR count). The minimum absolute atomic E-state index is 0.336. The maximum Gasteiger partial charge on any atom is 0.309 e. The Labute approximate surface area is 155 Å². The number of carbonyl (C=O) groups is 3. The van der Waals surface area contributed by atoms with Crippen molar-refractivity contribution in [3.8, 4) is 5.75 Å². The molecule has 3 N–H and O–H groups in total. The molecular formula is C19H18N4O4. The van der Waals surface area contributed by atoms with Crippen LogP contribution >= 0.6 is 0 Å². The Morgan fingerprint density at radius 1 is 1.15 bits per heavy atom. The van der Waals surface area contributed by atoms with Crippen LogP contribution < -0.4 is 21.0 Å². The van der Waals surface area contributed by atoms with Gasteiger partial charge in [-0.15, -0.1) is 0 Å². The first kappa shape index (κ1) is 18.3. The van der Waals surface area contributed by atoms with Gasteiger partial charge in [0.15, 0.2) is 0 Å². The highest BCUT2D eigenvalue weighted by atomic mass is 16.5. The van der Waals surface area contributed by atoms with Gasteiger partial charge >= 0.3 is 5.91 Å². The van der Waals surface area contributed by atoms with Gasteiger partial charge in [0.25, 0.3) is 5.91 Å². The Bertz CT molecular complexity index is 889. The standard InChI is InChI=1S/C19H18N4O4/c1-12-15-5-3-4-6-16(15)18(25)23(12)21-11-17(24)19(26)22(20)13-7-9-14(27-2)10-8-13/h3-10,21H,1,11,20H2,2H3. The third kappa shape index (κ3) is 3.43. The lowest BCUT2D eigenvalue weighted by molar-refractivity contribution is -0.136. The van der Waals surface area contributed by atoms with E-state index in [0.29, 0.717) is 28.3 Å². The largest absolute Gasteiger partial charge is 0.497 e. The lowest BCUT2D eigenvalue weighted by atomic mass is 10.1. The van der Waals surface area contributed by atoms with Crippen LogP contribution in [0.2, 0.25) is 0 Å². The molecular weight excluding hydrogens is 348 g/mol. The summed E-state index contributed by atoms with van der Waals surface area (Å²) in [5.74, 6) is 4.28. The fraction of sp³-hybridized carbons (Fsp3) is 0.105. The third-order valence-corrected chi connectivity index (χ3v) is 4.15. The van der Waals surface area contributed by atoms with Gasteiger partial charge in [-0.1, -0.05) is 24.8 Å². The summed E-state index contributed by atoms with van der Waals surface area (Å²) in [5, 5.41) is 1.91. The van der Waals surface area contributed by atoms with Crippen LogP contribution in [0.5, 0.6) is 5.75 Å². The van der Waals surface area contributed by atoms with E-state index in [9.17, 15) is 14.4 Å². The summed E-state index contributed by atoms with van der Waals surface area (Å²) in [6, 6.07) is 13.3. The van der Waals surface area contributed by atoms with Crippen molar-refractivity contribution in [3.05, 3.63) is 66.2 Å². The number of nitrogens with zero attached hydrogens (tertiary/aromatic N) is 2. The smallest absolute Gasteiger partial charge is 0.309 e. The number of carbonyl (C=O) groups excluding carboxylic acids is 3. The van der Waals surface area contributed by atoms with Gasteiger partial charge in [-0.2, -0.15) is 0 Å². The average molecular weight is 366 g/mol. The lowest BCUT2D eigenvalue weighted by Crippen LogP contribution is -2.48. The molecule has 138 valence electrons. The van der Waals surface area contributed by atoms with Gasteiger partial charge in [0.2, 0.25) is 5.78 Å². The van der Waals surface area contributed by atoms with Crippen molar-refractivity contribution in [1.29, 1.82) is 0 Å². The lowest BCUT2D eigenvalue weighted by Gasteiger charge is -2.20. The van der Waals surface area contributed by atoms with Crippen LogP contribution in [0.25, 0.3) is 5.70 Å². The monoisotopic (exact) mass is 366 g/mol. The molecule has 0 spiro atoms. The van der Waals surface area contributed by atoms with Crippen molar-refractivity contribution in [3.63, 3.8) is 0 Å². The molecule has 8 heteroatoms.